The van der Waals surface area contributed by atoms with Crippen LogP contribution in [0.1, 0.15) is 66.2 Å². The van der Waals surface area contributed by atoms with E-state index in [2.05, 4.69) is 39.0 Å². The van der Waals surface area contributed by atoms with E-state index in [-0.39, 0.29) is 6.61 Å². The van der Waals surface area contributed by atoms with Crippen molar-refractivity contribution in [2.24, 2.45) is 5.73 Å². The molecule has 0 saturated heterocycles. The van der Waals surface area contributed by atoms with E-state index in [0.29, 0.717) is 0 Å². The van der Waals surface area contributed by atoms with Gasteiger partial charge in [-0.25, -0.2) is 0 Å². The third kappa shape index (κ3) is 13.8. The third-order valence-electron chi connectivity index (χ3n) is 3.61. The van der Waals surface area contributed by atoms with Crippen LogP contribution < -0.4 is 5.73 Å². The van der Waals surface area contributed by atoms with Crippen molar-refractivity contribution >= 4 is 5.91 Å². The molecule has 3 N–H and O–H groups in total. The van der Waals surface area contributed by atoms with Gasteiger partial charge in [0.2, 0.25) is 5.91 Å². The van der Waals surface area contributed by atoms with Crippen LogP contribution in [0.5, 0.6) is 0 Å². The molecule has 0 atom stereocenters. The summed E-state index contributed by atoms with van der Waals surface area (Å²) in [5.41, 5.74) is 9.92. The van der Waals surface area contributed by atoms with E-state index in [9.17, 15) is 9.90 Å². The Morgan fingerprint density at radius 1 is 0.870 bits per heavy atom. The molecular weight excluding hydrogens is 286 g/mol. The van der Waals surface area contributed by atoms with Crippen LogP contribution in [-0.2, 0) is 4.79 Å². The molecule has 0 radical (unpaired) electrons. The Hall–Kier alpha value is -1.61. The molecule has 0 aliphatic carbocycles. The second-order valence-corrected chi connectivity index (χ2v) is 6.36. The molecule has 0 aromatic carbocycles. The van der Waals surface area contributed by atoms with Crippen molar-refractivity contribution < 1.29 is 9.90 Å². The molecular formula is C20H33NO2. The van der Waals surface area contributed by atoms with Crippen LogP contribution >= 0.6 is 0 Å². The molecule has 0 rings (SSSR count). The number of hydrogen-bond donors (Lipinski definition) is 2. The van der Waals surface area contributed by atoms with Crippen LogP contribution in [0.4, 0.5) is 0 Å². The van der Waals surface area contributed by atoms with Gasteiger partial charge >= 0.3 is 0 Å². The summed E-state index contributed by atoms with van der Waals surface area (Å²) in [4.78, 5) is 10.8. The number of nitrogens with two attached hydrogens (primary N) is 1. The van der Waals surface area contributed by atoms with E-state index in [0.717, 1.165) is 49.7 Å². The van der Waals surface area contributed by atoms with Crippen LogP contribution in [0, 0.1) is 0 Å². The fourth-order valence-electron chi connectivity index (χ4n) is 2.26. The lowest BCUT2D eigenvalue weighted by Crippen LogP contribution is -2.06. The minimum absolute atomic E-state index is 0.100. The van der Waals surface area contributed by atoms with Crippen LogP contribution in [0.15, 0.2) is 46.6 Å². The van der Waals surface area contributed by atoms with Crippen LogP contribution in [0.2, 0.25) is 0 Å². The molecule has 3 nitrogen and oxygen atoms in total. The van der Waals surface area contributed by atoms with Crippen molar-refractivity contribution in [1.29, 1.82) is 0 Å². The number of allylic oxidation sites excluding steroid dienone is 6. The van der Waals surface area contributed by atoms with E-state index in [1.807, 2.05) is 6.92 Å². The summed E-state index contributed by atoms with van der Waals surface area (Å²) in [6, 6.07) is 0. The number of hydrogen-bond acceptors (Lipinski definition) is 2. The van der Waals surface area contributed by atoms with Crippen molar-refractivity contribution in [3.63, 3.8) is 0 Å². The van der Waals surface area contributed by atoms with E-state index in [4.69, 9.17) is 5.73 Å². The largest absolute Gasteiger partial charge is 0.392 e. The molecule has 0 saturated carbocycles. The molecule has 1 amide bonds. The zero-order valence-electron chi connectivity index (χ0n) is 15.2. The van der Waals surface area contributed by atoms with Crippen LogP contribution in [0.25, 0.3) is 0 Å². The smallest absolute Gasteiger partial charge is 0.241 e. The number of carbonyl (C=O) groups excluding carboxylic acids is 1. The highest BCUT2D eigenvalue weighted by atomic mass is 16.3. The van der Waals surface area contributed by atoms with Gasteiger partial charge in [0.05, 0.1) is 6.61 Å². The Labute approximate surface area is 141 Å². The molecule has 0 heterocycles. The van der Waals surface area contributed by atoms with E-state index < -0.39 is 5.91 Å². The Morgan fingerprint density at radius 3 is 2.00 bits per heavy atom. The summed E-state index contributed by atoms with van der Waals surface area (Å²) in [5, 5.41) is 9.42. The third-order valence-corrected chi connectivity index (χ3v) is 3.61. The van der Waals surface area contributed by atoms with Crippen molar-refractivity contribution in [3.8, 4) is 0 Å². The fraction of sp³-hybridized carbons (Fsp3) is 0.550. The number of primary amides is 1. The van der Waals surface area contributed by atoms with Crippen molar-refractivity contribution in [1.82, 2.24) is 0 Å². The molecule has 0 aromatic heterocycles. The van der Waals surface area contributed by atoms with Crippen molar-refractivity contribution in [2.45, 2.75) is 66.2 Å². The quantitative estimate of drug-likeness (QED) is 0.432. The van der Waals surface area contributed by atoms with Gasteiger partial charge in [0.15, 0.2) is 0 Å². The highest BCUT2D eigenvalue weighted by Gasteiger charge is 1.97. The maximum absolute atomic E-state index is 10.8. The summed E-state index contributed by atoms with van der Waals surface area (Å²) < 4.78 is 0. The topological polar surface area (TPSA) is 63.3 Å². The number of carbonyl (C=O) groups is 1. The summed E-state index contributed by atoms with van der Waals surface area (Å²) in [6.45, 7) is 8.41. The van der Waals surface area contributed by atoms with Gasteiger partial charge in [-0.1, -0.05) is 34.9 Å². The lowest BCUT2D eigenvalue weighted by molar-refractivity contribution is -0.113. The minimum Gasteiger partial charge on any atom is -0.392 e. The number of rotatable bonds is 11. The van der Waals surface area contributed by atoms with Gasteiger partial charge in [0.1, 0.15) is 0 Å². The first-order valence-corrected chi connectivity index (χ1v) is 8.39. The first-order chi connectivity index (χ1) is 10.8. The van der Waals surface area contributed by atoms with Crippen LogP contribution in [0.3, 0.4) is 0 Å². The molecule has 0 unspecified atom stereocenters. The van der Waals surface area contributed by atoms with Gasteiger partial charge in [-0.05, 0) is 71.8 Å². The van der Waals surface area contributed by atoms with Crippen LogP contribution in [-0.4, -0.2) is 17.6 Å². The van der Waals surface area contributed by atoms with Gasteiger partial charge < -0.3 is 10.8 Å². The standard InChI is InChI=1S/C20H33NO2/c1-16(2)8-5-9-17(3)10-6-12-19(15-22)13-7-11-18(4)14-20(21)23/h8,10,13-14,22H,5-7,9,11-12,15H2,1-4H3,(H2,21,23)/b17-10+,18-14+,19-13+. The molecule has 130 valence electrons. The highest BCUT2D eigenvalue weighted by Crippen LogP contribution is 2.13. The van der Waals surface area contributed by atoms with E-state index >= 15 is 0 Å². The molecule has 0 aliphatic rings. The molecule has 0 spiro atoms. The van der Waals surface area contributed by atoms with Crippen molar-refractivity contribution in [2.75, 3.05) is 6.61 Å². The first-order valence-electron chi connectivity index (χ1n) is 8.39. The second kappa shape index (κ2) is 12.9. The van der Waals surface area contributed by atoms with Gasteiger partial charge in [-0.15, -0.1) is 0 Å². The first kappa shape index (κ1) is 21.4. The van der Waals surface area contributed by atoms with E-state index in [1.165, 1.54) is 17.2 Å². The fourth-order valence-corrected chi connectivity index (χ4v) is 2.26. The highest BCUT2D eigenvalue weighted by molar-refractivity contribution is 5.86. The predicted molar refractivity (Wildman–Crippen MR) is 99.0 cm³/mol. The summed E-state index contributed by atoms with van der Waals surface area (Å²) >= 11 is 0. The van der Waals surface area contributed by atoms with Gasteiger partial charge in [-0.3, -0.25) is 4.79 Å². The molecule has 0 aliphatic heterocycles. The normalized spacial score (nSPS) is 13.2. The van der Waals surface area contributed by atoms with Gasteiger partial charge in [0.25, 0.3) is 0 Å². The number of aliphatic hydroxyl groups excluding tert-OH is 1. The minimum atomic E-state index is -0.400. The molecule has 0 bridgehead atoms. The van der Waals surface area contributed by atoms with Gasteiger partial charge in [0, 0.05) is 6.08 Å². The number of amides is 1. The zero-order valence-corrected chi connectivity index (χ0v) is 15.2. The molecule has 0 aromatic rings. The van der Waals surface area contributed by atoms with Gasteiger partial charge in [-0.2, -0.15) is 0 Å². The molecule has 0 fully saturated rings. The Balaban J connectivity index is 4.20. The van der Waals surface area contributed by atoms with E-state index in [1.54, 1.807) is 0 Å². The van der Waals surface area contributed by atoms with Crippen molar-refractivity contribution in [3.05, 3.63) is 46.6 Å². The average Bonchev–Trinajstić information content (AvgIpc) is 2.44. The lowest BCUT2D eigenvalue weighted by atomic mass is 10.0. The molecule has 3 heteroatoms. The summed E-state index contributed by atoms with van der Waals surface area (Å²) in [7, 11) is 0. The monoisotopic (exact) mass is 319 g/mol. The average molecular weight is 319 g/mol. The Morgan fingerprint density at radius 2 is 1.43 bits per heavy atom. The molecule has 23 heavy (non-hydrogen) atoms. The maximum atomic E-state index is 10.8. The maximum Gasteiger partial charge on any atom is 0.241 e. The summed E-state index contributed by atoms with van der Waals surface area (Å²) in [5.74, 6) is -0.400. The second-order valence-electron chi connectivity index (χ2n) is 6.36. The predicted octanol–water partition coefficient (Wildman–Crippen LogP) is 4.59. The Kier molecular flexibility index (Phi) is 12.0. The SMILES string of the molecule is CC(C)=CCC/C(C)=C/CC/C(=C\CC/C(C)=C/C(N)=O)CO. The number of aliphatic hydroxyl groups is 1. The Bertz CT molecular complexity index is 478. The summed E-state index contributed by atoms with van der Waals surface area (Å²) in [6.07, 6.45) is 13.7. The lowest BCUT2D eigenvalue weighted by Gasteiger charge is -2.04. The zero-order chi connectivity index (χ0) is 17.7.